The lowest BCUT2D eigenvalue weighted by molar-refractivity contribution is 0.102. The van der Waals surface area contributed by atoms with E-state index in [0.29, 0.717) is 18.8 Å². The second kappa shape index (κ2) is 9.44. The molecule has 2 aromatic carbocycles. The van der Waals surface area contributed by atoms with Crippen LogP contribution in [0.4, 0.5) is 20.6 Å². The number of likely N-dealkylation sites (tertiary alicyclic amines) is 1. The summed E-state index contributed by atoms with van der Waals surface area (Å²) in [6.07, 6.45) is 1.73. The molecule has 0 saturated carbocycles. The molecule has 166 valence electrons. The summed E-state index contributed by atoms with van der Waals surface area (Å²) >= 11 is 1.22. The average molecular weight is 454 g/mol. The first-order chi connectivity index (χ1) is 15.4. The molecule has 2 N–H and O–H groups in total. The van der Waals surface area contributed by atoms with Crippen LogP contribution in [-0.2, 0) is 0 Å². The van der Waals surface area contributed by atoms with Crippen molar-refractivity contribution in [2.45, 2.75) is 32.6 Å². The van der Waals surface area contributed by atoms with Gasteiger partial charge in [-0.3, -0.25) is 4.79 Å². The number of piperidine rings is 1. The van der Waals surface area contributed by atoms with Crippen molar-refractivity contribution in [2.24, 2.45) is 0 Å². The number of aromatic nitrogens is 2. The van der Waals surface area contributed by atoms with Crippen molar-refractivity contribution in [3.63, 3.8) is 0 Å². The fraction of sp³-hybridized carbons (Fsp3) is 0.304. The van der Waals surface area contributed by atoms with Gasteiger partial charge in [0.05, 0.1) is 0 Å². The lowest BCUT2D eigenvalue weighted by Crippen LogP contribution is -2.41. The molecule has 4 rings (SSSR count). The van der Waals surface area contributed by atoms with Crippen molar-refractivity contribution < 1.29 is 14.0 Å². The highest BCUT2D eigenvalue weighted by molar-refractivity contribution is 7.13. The molecule has 0 spiro atoms. The van der Waals surface area contributed by atoms with Gasteiger partial charge in [0.2, 0.25) is 5.01 Å². The standard InChI is InChI=1S/C23H24FN5O2S/c1-14-5-10-19(15(2)12-14)26-23(31)29-11-3-4-16(13-29)21-27-28-22(32-21)20(30)25-18-8-6-17(24)7-9-18/h5-10,12,16H,3-4,11,13H2,1-2H3,(H,25,30)(H,26,31)/t16-/m0/s1. The fourth-order valence-corrected chi connectivity index (χ4v) is 4.58. The number of urea groups is 1. The van der Waals surface area contributed by atoms with Gasteiger partial charge in [-0.2, -0.15) is 0 Å². The lowest BCUT2D eigenvalue weighted by atomic mass is 9.99. The molecular weight excluding hydrogens is 429 g/mol. The number of nitrogens with one attached hydrogen (secondary N) is 2. The number of rotatable bonds is 4. The highest BCUT2D eigenvalue weighted by Crippen LogP contribution is 2.30. The minimum Gasteiger partial charge on any atom is -0.324 e. The van der Waals surface area contributed by atoms with Crippen LogP contribution in [0.25, 0.3) is 0 Å². The van der Waals surface area contributed by atoms with Gasteiger partial charge in [0.25, 0.3) is 5.91 Å². The van der Waals surface area contributed by atoms with E-state index in [-0.39, 0.29) is 28.7 Å². The predicted octanol–water partition coefficient (Wildman–Crippen LogP) is 4.96. The van der Waals surface area contributed by atoms with Crippen LogP contribution < -0.4 is 10.6 Å². The molecule has 0 radical (unpaired) electrons. The number of anilines is 2. The van der Waals surface area contributed by atoms with E-state index in [1.807, 2.05) is 32.0 Å². The Kier molecular flexibility index (Phi) is 6.45. The number of aryl methyl sites for hydroxylation is 2. The van der Waals surface area contributed by atoms with E-state index in [9.17, 15) is 14.0 Å². The van der Waals surface area contributed by atoms with Gasteiger partial charge in [-0.05, 0) is 62.6 Å². The van der Waals surface area contributed by atoms with E-state index < -0.39 is 0 Å². The monoisotopic (exact) mass is 453 g/mol. The second-order valence-corrected chi connectivity index (χ2v) is 8.95. The number of hydrogen-bond donors (Lipinski definition) is 2. The summed E-state index contributed by atoms with van der Waals surface area (Å²) in [6.45, 7) is 5.18. The average Bonchev–Trinajstić information content (AvgIpc) is 3.28. The summed E-state index contributed by atoms with van der Waals surface area (Å²) in [5.74, 6) is -0.733. The smallest absolute Gasteiger partial charge is 0.321 e. The number of hydrogen-bond acceptors (Lipinski definition) is 5. The van der Waals surface area contributed by atoms with E-state index >= 15 is 0 Å². The number of halogens is 1. The Labute approximate surface area is 189 Å². The molecule has 32 heavy (non-hydrogen) atoms. The van der Waals surface area contributed by atoms with Crippen molar-refractivity contribution in [1.82, 2.24) is 15.1 Å². The van der Waals surface area contributed by atoms with Gasteiger partial charge in [-0.15, -0.1) is 10.2 Å². The van der Waals surface area contributed by atoms with Crippen molar-refractivity contribution in [3.8, 4) is 0 Å². The normalized spacial score (nSPS) is 16.0. The molecular formula is C23H24FN5O2S. The highest BCUT2D eigenvalue weighted by atomic mass is 32.1. The first kappa shape index (κ1) is 21.9. The van der Waals surface area contributed by atoms with Gasteiger partial charge in [0, 0.05) is 30.4 Å². The quantitative estimate of drug-likeness (QED) is 0.585. The third kappa shape index (κ3) is 5.11. The van der Waals surface area contributed by atoms with Crippen LogP contribution in [0.5, 0.6) is 0 Å². The molecule has 0 bridgehead atoms. The first-order valence-corrected chi connectivity index (χ1v) is 11.2. The third-order valence-electron chi connectivity index (χ3n) is 5.42. The predicted molar refractivity (Wildman–Crippen MR) is 123 cm³/mol. The zero-order valence-corrected chi connectivity index (χ0v) is 18.7. The van der Waals surface area contributed by atoms with E-state index in [4.69, 9.17) is 0 Å². The number of amides is 3. The van der Waals surface area contributed by atoms with Crippen molar-refractivity contribution >= 4 is 34.6 Å². The summed E-state index contributed by atoms with van der Waals surface area (Å²) in [7, 11) is 0. The van der Waals surface area contributed by atoms with Crippen LogP contribution in [0.15, 0.2) is 42.5 Å². The molecule has 1 aliphatic rings. The maximum Gasteiger partial charge on any atom is 0.321 e. The van der Waals surface area contributed by atoms with Gasteiger partial charge < -0.3 is 15.5 Å². The van der Waals surface area contributed by atoms with Crippen LogP contribution >= 0.6 is 11.3 Å². The topological polar surface area (TPSA) is 87.2 Å². The van der Waals surface area contributed by atoms with Crippen LogP contribution in [0.3, 0.4) is 0 Å². The summed E-state index contributed by atoms with van der Waals surface area (Å²) in [4.78, 5) is 27.1. The number of carbonyl (C=O) groups excluding carboxylic acids is 2. The second-order valence-electron chi connectivity index (χ2n) is 7.94. The molecule has 1 atom stereocenters. The van der Waals surface area contributed by atoms with Gasteiger partial charge in [-0.1, -0.05) is 29.0 Å². The number of nitrogens with zero attached hydrogens (tertiary/aromatic N) is 3. The Hall–Kier alpha value is -3.33. The first-order valence-electron chi connectivity index (χ1n) is 10.4. The van der Waals surface area contributed by atoms with Gasteiger partial charge in [0.15, 0.2) is 0 Å². The van der Waals surface area contributed by atoms with E-state index in [2.05, 4.69) is 20.8 Å². The summed E-state index contributed by atoms with van der Waals surface area (Å²) in [5.41, 5.74) is 3.46. The molecule has 7 nitrogen and oxygen atoms in total. The fourth-order valence-electron chi connectivity index (χ4n) is 3.72. The Morgan fingerprint density at radius 3 is 2.62 bits per heavy atom. The van der Waals surface area contributed by atoms with Gasteiger partial charge in [0.1, 0.15) is 10.8 Å². The molecule has 9 heteroatoms. The van der Waals surface area contributed by atoms with Crippen LogP contribution in [0.1, 0.15) is 44.7 Å². The molecule has 0 unspecified atom stereocenters. The van der Waals surface area contributed by atoms with Gasteiger partial charge in [-0.25, -0.2) is 9.18 Å². The molecule has 0 aliphatic carbocycles. The summed E-state index contributed by atoms with van der Waals surface area (Å²) in [5, 5.41) is 14.9. The SMILES string of the molecule is Cc1ccc(NC(=O)N2CCC[C@H](c3nnc(C(=O)Nc4ccc(F)cc4)s3)C2)c(C)c1. The maximum atomic E-state index is 13.0. The zero-order chi connectivity index (χ0) is 22.7. The van der Waals surface area contributed by atoms with Crippen molar-refractivity contribution in [2.75, 3.05) is 23.7 Å². The molecule has 1 aliphatic heterocycles. The largest absolute Gasteiger partial charge is 0.324 e. The van der Waals surface area contributed by atoms with Crippen LogP contribution in [0, 0.1) is 19.7 Å². The van der Waals surface area contributed by atoms with Crippen LogP contribution in [0.2, 0.25) is 0 Å². The molecule has 2 heterocycles. The van der Waals surface area contributed by atoms with Crippen molar-refractivity contribution in [1.29, 1.82) is 0 Å². The Morgan fingerprint density at radius 1 is 1.09 bits per heavy atom. The molecule has 1 fully saturated rings. The Morgan fingerprint density at radius 2 is 1.88 bits per heavy atom. The van der Waals surface area contributed by atoms with Crippen LogP contribution in [-0.4, -0.2) is 40.1 Å². The molecule has 1 saturated heterocycles. The minimum absolute atomic E-state index is 0.0264. The van der Waals surface area contributed by atoms with E-state index in [0.717, 1.165) is 34.7 Å². The van der Waals surface area contributed by atoms with Gasteiger partial charge >= 0.3 is 6.03 Å². The number of benzene rings is 2. The number of carbonyl (C=O) groups is 2. The molecule has 3 amide bonds. The minimum atomic E-state index is -0.388. The summed E-state index contributed by atoms with van der Waals surface area (Å²) in [6, 6.07) is 11.3. The van der Waals surface area contributed by atoms with Crippen molar-refractivity contribution in [3.05, 3.63) is 69.4 Å². The van der Waals surface area contributed by atoms with E-state index in [1.54, 1.807) is 4.90 Å². The highest BCUT2D eigenvalue weighted by Gasteiger charge is 2.28. The zero-order valence-electron chi connectivity index (χ0n) is 17.9. The lowest BCUT2D eigenvalue weighted by Gasteiger charge is -2.31. The Bertz CT molecular complexity index is 1130. The third-order valence-corrected chi connectivity index (χ3v) is 6.50. The molecule has 3 aromatic rings. The molecule has 1 aromatic heterocycles. The van der Waals surface area contributed by atoms with E-state index in [1.165, 1.54) is 35.6 Å². The summed E-state index contributed by atoms with van der Waals surface area (Å²) < 4.78 is 13.0. The Balaban J connectivity index is 1.39. The maximum absolute atomic E-state index is 13.0.